The summed E-state index contributed by atoms with van der Waals surface area (Å²) < 4.78 is 16.7. The number of benzene rings is 1. The van der Waals surface area contributed by atoms with Crippen LogP contribution in [0.5, 0.6) is 5.75 Å². The van der Waals surface area contributed by atoms with Gasteiger partial charge in [0.05, 0.1) is 30.9 Å². The zero-order valence-corrected chi connectivity index (χ0v) is 11.3. The van der Waals surface area contributed by atoms with Crippen LogP contribution >= 0.6 is 23.2 Å². The van der Waals surface area contributed by atoms with Crippen molar-refractivity contribution in [3.05, 3.63) is 27.7 Å². The molecule has 5 heteroatoms. The minimum absolute atomic E-state index is 0.460. The van der Waals surface area contributed by atoms with E-state index in [4.69, 9.17) is 37.4 Å². The zero-order valence-electron chi connectivity index (χ0n) is 9.76. The van der Waals surface area contributed by atoms with Crippen LogP contribution in [0.25, 0.3) is 0 Å². The van der Waals surface area contributed by atoms with E-state index in [-0.39, 0.29) is 0 Å². The van der Waals surface area contributed by atoms with Gasteiger partial charge in [-0.15, -0.1) is 0 Å². The summed E-state index contributed by atoms with van der Waals surface area (Å²) >= 11 is 12.1. The Labute approximate surface area is 111 Å². The van der Waals surface area contributed by atoms with Gasteiger partial charge >= 0.3 is 0 Å². The van der Waals surface area contributed by atoms with Gasteiger partial charge in [-0.1, -0.05) is 30.1 Å². The molecule has 1 aromatic carbocycles. The van der Waals surface area contributed by atoms with Crippen LogP contribution in [-0.4, -0.2) is 20.3 Å². The Bertz CT molecular complexity index is 414. The standard InChI is InChI=1S/C12H14Cl2O3/c1-3-12(16-4-5-17-12)9-6-8(13)7-10(14)11(9)15-2/h6-7H,3-5H2,1-2H3. The average Bonchev–Trinajstić information content (AvgIpc) is 2.77. The third-order valence-corrected chi connectivity index (χ3v) is 3.34. The molecule has 1 saturated heterocycles. The summed E-state index contributed by atoms with van der Waals surface area (Å²) in [6.07, 6.45) is 0.667. The molecule has 0 unspecified atom stereocenters. The lowest BCUT2D eigenvalue weighted by Gasteiger charge is -2.28. The molecule has 0 bridgehead atoms. The first kappa shape index (κ1) is 13.0. The first-order valence-electron chi connectivity index (χ1n) is 5.44. The fourth-order valence-electron chi connectivity index (χ4n) is 2.06. The lowest BCUT2D eigenvalue weighted by Crippen LogP contribution is -2.26. The summed E-state index contributed by atoms with van der Waals surface area (Å²) in [7, 11) is 1.57. The summed E-state index contributed by atoms with van der Waals surface area (Å²) in [5.41, 5.74) is 0.748. The van der Waals surface area contributed by atoms with Crippen LogP contribution in [0.1, 0.15) is 18.9 Å². The van der Waals surface area contributed by atoms with E-state index in [0.29, 0.717) is 35.4 Å². The Kier molecular flexibility index (Phi) is 3.83. The van der Waals surface area contributed by atoms with E-state index in [1.54, 1.807) is 19.2 Å². The summed E-state index contributed by atoms with van der Waals surface area (Å²) in [6.45, 7) is 3.10. The van der Waals surface area contributed by atoms with Gasteiger partial charge in [0.2, 0.25) is 0 Å². The highest BCUT2D eigenvalue weighted by Crippen LogP contribution is 2.44. The van der Waals surface area contributed by atoms with Crippen molar-refractivity contribution in [3.63, 3.8) is 0 Å². The summed E-state index contributed by atoms with van der Waals surface area (Å²) in [4.78, 5) is 0. The van der Waals surface area contributed by atoms with Gasteiger partial charge in [-0.05, 0) is 12.1 Å². The third kappa shape index (κ3) is 2.25. The predicted molar refractivity (Wildman–Crippen MR) is 66.9 cm³/mol. The van der Waals surface area contributed by atoms with Crippen molar-refractivity contribution in [2.75, 3.05) is 20.3 Å². The van der Waals surface area contributed by atoms with Crippen molar-refractivity contribution in [3.8, 4) is 5.75 Å². The zero-order chi connectivity index (χ0) is 12.5. The van der Waals surface area contributed by atoms with E-state index < -0.39 is 5.79 Å². The van der Waals surface area contributed by atoms with Gasteiger partial charge < -0.3 is 14.2 Å². The van der Waals surface area contributed by atoms with Crippen molar-refractivity contribution in [2.24, 2.45) is 0 Å². The van der Waals surface area contributed by atoms with E-state index >= 15 is 0 Å². The van der Waals surface area contributed by atoms with Crippen molar-refractivity contribution in [1.29, 1.82) is 0 Å². The van der Waals surface area contributed by atoms with Gasteiger partial charge in [-0.25, -0.2) is 0 Å². The summed E-state index contributed by atoms with van der Waals surface area (Å²) in [6, 6.07) is 3.42. The fourth-order valence-corrected chi connectivity index (χ4v) is 2.63. The Morgan fingerprint density at radius 1 is 1.29 bits per heavy atom. The molecule has 1 fully saturated rings. The van der Waals surface area contributed by atoms with Crippen LogP contribution < -0.4 is 4.74 Å². The summed E-state index contributed by atoms with van der Waals surface area (Å²) in [5.74, 6) is -0.236. The minimum Gasteiger partial charge on any atom is -0.495 e. The Balaban J connectivity index is 2.56. The molecule has 1 heterocycles. The van der Waals surface area contributed by atoms with Crippen LogP contribution in [0.3, 0.4) is 0 Å². The first-order valence-corrected chi connectivity index (χ1v) is 6.20. The quantitative estimate of drug-likeness (QED) is 0.844. The Hall–Kier alpha value is -0.480. The maximum absolute atomic E-state index is 6.11. The van der Waals surface area contributed by atoms with Gasteiger partial charge in [0, 0.05) is 11.4 Å². The first-order chi connectivity index (χ1) is 8.13. The molecule has 1 aliphatic rings. The Morgan fingerprint density at radius 2 is 1.94 bits per heavy atom. The van der Waals surface area contributed by atoms with E-state index in [1.165, 1.54) is 0 Å². The molecule has 2 rings (SSSR count). The minimum atomic E-state index is -0.792. The molecule has 0 aliphatic carbocycles. The van der Waals surface area contributed by atoms with Crippen LogP contribution in [0.4, 0.5) is 0 Å². The monoisotopic (exact) mass is 276 g/mol. The van der Waals surface area contributed by atoms with Crippen LogP contribution in [0.2, 0.25) is 10.0 Å². The molecular formula is C12H14Cl2O3. The number of halogens is 2. The molecular weight excluding hydrogens is 263 g/mol. The molecule has 0 spiro atoms. The molecule has 0 radical (unpaired) electrons. The second-order valence-electron chi connectivity index (χ2n) is 3.77. The molecule has 1 aliphatic heterocycles. The number of ether oxygens (including phenoxy) is 3. The lowest BCUT2D eigenvalue weighted by molar-refractivity contribution is -0.168. The van der Waals surface area contributed by atoms with Crippen molar-refractivity contribution < 1.29 is 14.2 Å². The summed E-state index contributed by atoms with van der Waals surface area (Å²) in [5, 5.41) is 1.000. The van der Waals surface area contributed by atoms with E-state index in [9.17, 15) is 0 Å². The van der Waals surface area contributed by atoms with Crippen molar-refractivity contribution >= 4 is 23.2 Å². The van der Waals surface area contributed by atoms with Crippen molar-refractivity contribution in [1.82, 2.24) is 0 Å². The van der Waals surface area contributed by atoms with E-state index in [1.807, 2.05) is 6.92 Å². The number of methoxy groups -OCH3 is 1. The largest absolute Gasteiger partial charge is 0.495 e. The van der Waals surface area contributed by atoms with Crippen LogP contribution in [-0.2, 0) is 15.3 Å². The van der Waals surface area contributed by atoms with Crippen LogP contribution in [0.15, 0.2) is 12.1 Å². The molecule has 94 valence electrons. The molecule has 0 atom stereocenters. The number of rotatable bonds is 3. The molecule has 0 saturated carbocycles. The predicted octanol–water partition coefficient (Wildman–Crippen LogP) is 3.61. The number of hydrogen-bond acceptors (Lipinski definition) is 3. The SMILES string of the molecule is CCC1(c2cc(Cl)cc(Cl)c2OC)OCCO1. The molecule has 1 aromatic rings. The smallest absolute Gasteiger partial charge is 0.198 e. The van der Waals surface area contributed by atoms with E-state index in [0.717, 1.165) is 5.56 Å². The highest BCUT2D eigenvalue weighted by atomic mass is 35.5. The second kappa shape index (κ2) is 5.02. The molecule has 0 amide bonds. The second-order valence-corrected chi connectivity index (χ2v) is 4.62. The lowest BCUT2D eigenvalue weighted by atomic mass is 10.0. The Morgan fingerprint density at radius 3 is 2.47 bits per heavy atom. The molecule has 3 nitrogen and oxygen atoms in total. The van der Waals surface area contributed by atoms with E-state index in [2.05, 4.69) is 0 Å². The highest BCUT2D eigenvalue weighted by molar-refractivity contribution is 6.35. The molecule has 17 heavy (non-hydrogen) atoms. The van der Waals surface area contributed by atoms with Gasteiger partial charge in [-0.2, -0.15) is 0 Å². The molecule has 0 N–H and O–H groups in total. The van der Waals surface area contributed by atoms with Gasteiger partial charge in [0.15, 0.2) is 5.79 Å². The normalized spacial score (nSPS) is 18.4. The fraction of sp³-hybridized carbons (Fsp3) is 0.500. The maximum Gasteiger partial charge on any atom is 0.198 e. The maximum atomic E-state index is 6.11. The molecule has 0 aromatic heterocycles. The highest BCUT2D eigenvalue weighted by Gasteiger charge is 2.40. The topological polar surface area (TPSA) is 27.7 Å². The average molecular weight is 277 g/mol. The number of hydrogen-bond donors (Lipinski definition) is 0. The van der Waals surface area contributed by atoms with Gasteiger partial charge in [-0.3, -0.25) is 0 Å². The van der Waals surface area contributed by atoms with Crippen molar-refractivity contribution in [2.45, 2.75) is 19.1 Å². The van der Waals surface area contributed by atoms with Gasteiger partial charge in [0.25, 0.3) is 0 Å². The van der Waals surface area contributed by atoms with Gasteiger partial charge in [0.1, 0.15) is 5.75 Å². The van der Waals surface area contributed by atoms with Crippen LogP contribution in [0, 0.1) is 0 Å². The third-order valence-electron chi connectivity index (χ3n) is 2.84.